The van der Waals surface area contributed by atoms with E-state index in [9.17, 15) is 13.2 Å². The summed E-state index contributed by atoms with van der Waals surface area (Å²) >= 11 is 0. The Balaban J connectivity index is 1.93. The van der Waals surface area contributed by atoms with E-state index in [0.717, 1.165) is 25.8 Å². The van der Waals surface area contributed by atoms with Gasteiger partial charge in [0.05, 0.1) is 11.5 Å². The van der Waals surface area contributed by atoms with Crippen molar-refractivity contribution in [3.63, 3.8) is 0 Å². The fraction of sp³-hybridized carbons (Fsp3) is 0.933. The minimum absolute atomic E-state index is 0.0375. The second kappa shape index (κ2) is 6.46. The first-order valence-electron chi connectivity index (χ1n) is 7.91. The van der Waals surface area contributed by atoms with E-state index >= 15 is 0 Å². The van der Waals surface area contributed by atoms with Crippen molar-refractivity contribution >= 4 is 15.7 Å². The molecule has 0 aromatic carbocycles. The van der Waals surface area contributed by atoms with Gasteiger partial charge in [-0.15, -0.1) is 0 Å². The summed E-state index contributed by atoms with van der Waals surface area (Å²) in [7, 11) is -2.91. The van der Waals surface area contributed by atoms with E-state index in [2.05, 4.69) is 13.8 Å². The Morgan fingerprint density at radius 3 is 2.60 bits per heavy atom. The van der Waals surface area contributed by atoms with E-state index in [1.54, 1.807) is 0 Å². The molecule has 5 heteroatoms. The number of hydrogen-bond donors (Lipinski definition) is 0. The zero-order chi connectivity index (χ0) is 14.8. The lowest BCUT2D eigenvalue weighted by molar-refractivity contribution is -0.136. The fourth-order valence-electron chi connectivity index (χ4n) is 3.51. The van der Waals surface area contributed by atoms with Crippen molar-refractivity contribution in [3.8, 4) is 0 Å². The highest BCUT2D eigenvalue weighted by Gasteiger charge is 2.32. The van der Waals surface area contributed by atoms with Gasteiger partial charge in [0.1, 0.15) is 0 Å². The molecule has 116 valence electrons. The highest BCUT2D eigenvalue weighted by Crippen LogP contribution is 2.27. The predicted molar refractivity (Wildman–Crippen MR) is 80.2 cm³/mol. The van der Waals surface area contributed by atoms with E-state index in [0.29, 0.717) is 30.6 Å². The van der Waals surface area contributed by atoms with Crippen LogP contribution >= 0.6 is 0 Å². The monoisotopic (exact) mass is 301 g/mol. The van der Waals surface area contributed by atoms with Crippen LogP contribution in [-0.2, 0) is 14.6 Å². The van der Waals surface area contributed by atoms with Gasteiger partial charge >= 0.3 is 0 Å². The minimum atomic E-state index is -2.91. The van der Waals surface area contributed by atoms with Crippen LogP contribution in [0.25, 0.3) is 0 Å². The van der Waals surface area contributed by atoms with Crippen molar-refractivity contribution in [1.82, 2.24) is 4.90 Å². The molecule has 0 aromatic rings. The highest BCUT2D eigenvalue weighted by atomic mass is 32.2. The molecule has 0 radical (unpaired) electrons. The topological polar surface area (TPSA) is 54.5 Å². The smallest absolute Gasteiger partial charge is 0.223 e. The quantitative estimate of drug-likeness (QED) is 0.803. The molecule has 4 nitrogen and oxygen atoms in total. The van der Waals surface area contributed by atoms with Gasteiger partial charge in [-0.25, -0.2) is 8.42 Å². The summed E-state index contributed by atoms with van der Waals surface area (Å²) in [6, 6.07) is 0.311. The lowest BCUT2D eigenvalue weighted by Gasteiger charge is -2.38. The van der Waals surface area contributed by atoms with Gasteiger partial charge < -0.3 is 4.90 Å². The van der Waals surface area contributed by atoms with Gasteiger partial charge in [0, 0.05) is 19.0 Å². The molecule has 2 rings (SSSR count). The molecule has 0 spiro atoms. The number of likely N-dealkylation sites (tertiary alicyclic amines) is 1. The molecule has 2 aliphatic rings. The molecule has 2 aliphatic heterocycles. The van der Waals surface area contributed by atoms with Crippen LogP contribution in [-0.4, -0.2) is 43.3 Å². The summed E-state index contributed by atoms with van der Waals surface area (Å²) in [6.45, 7) is 5.15. The predicted octanol–water partition coefficient (Wildman–Crippen LogP) is 2.24. The summed E-state index contributed by atoms with van der Waals surface area (Å²) in [6.07, 6.45) is 5.42. The third-order valence-corrected chi connectivity index (χ3v) is 6.79. The first kappa shape index (κ1) is 15.8. The zero-order valence-electron chi connectivity index (χ0n) is 12.7. The Labute approximate surface area is 122 Å². The van der Waals surface area contributed by atoms with Gasteiger partial charge in [0.2, 0.25) is 5.91 Å². The molecule has 0 N–H and O–H groups in total. The molecule has 0 saturated carbocycles. The normalized spacial score (nSPS) is 33.9. The minimum Gasteiger partial charge on any atom is -0.340 e. The van der Waals surface area contributed by atoms with E-state index in [4.69, 9.17) is 0 Å². The molecular formula is C15H27NO3S. The van der Waals surface area contributed by atoms with Crippen LogP contribution < -0.4 is 0 Å². The van der Waals surface area contributed by atoms with Crippen molar-refractivity contribution in [1.29, 1.82) is 0 Å². The van der Waals surface area contributed by atoms with Crippen LogP contribution in [0.4, 0.5) is 0 Å². The van der Waals surface area contributed by atoms with E-state index in [1.807, 2.05) is 4.90 Å². The second-order valence-electron chi connectivity index (χ2n) is 6.57. The maximum absolute atomic E-state index is 12.5. The number of rotatable bonds is 3. The third kappa shape index (κ3) is 3.96. The molecule has 0 bridgehead atoms. The molecule has 3 atom stereocenters. The van der Waals surface area contributed by atoms with Crippen LogP contribution in [0.1, 0.15) is 52.4 Å². The molecule has 1 unspecified atom stereocenters. The third-order valence-electron chi connectivity index (χ3n) is 4.90. The standard InChI is InChI=1S/C15H27NO3S/c1-3-13-7-6-12(2)16(10-13)15(17)9-14-5-4-8-20(18,19)11-14/h12-14H,3-11H2,1-2H3/t12-,13-,14?/m1/s1. The number of sulfone groups is 1. The van der Waals surface area contributed by atoms with Crippen LogP contribution in [0.5, 0.6) is 0 Å². The van der Waals surface area contributed by atoms with Crippen molar-refractivity contribution < 1.29 is 13.2 Å². The Bertz CT molecular complexity index is 446. The van der Waals surface area contributed by atoms with E-state index in [-0.39, 0.29) is 17.6 Å². The lowest BCUT2D eigenvalue weighted by atomic mass is 9.90. The van der Waals surface area contributed by atoms with Crippen molar-refractivity contribution in [3.05, 3.63) is 0 Å². The maximum Gasteiger partial charge on any atom is 0.223 e. The number of amides is 1. The van der Waals surface area contributed by atoms with Crippen LogP contribution in [0.3, 0.4) is 0 Å². The second-order valence-corrected chi connectivity index (χ2v) is 8.80. The molecule has 2 fully saturated rings. The van der Waals surface area contributed by atoms with Crippen molar-refractivity contribution in [2.75, 3.05) is 18.1 Å². The number of nitrogens with zero attached hydrogens (tertiary/aromatic N) is 1. The van der Waals surface area contributed by atoms with Gasteiger partial charge in [0.15, 0.2) is 9.84 Å². The molecular weight excluding hydrogens is 274 g/mol. The summed E-state index contributed by atoms with van der Waals surface area (Å²) in [5.41, 5.74) is 0. The molecule has 0 aromatic heterocycles. The van der Waals surface area contributed by atoms with Gasteiger partial charge in [-0.3, -0.25) is 4.79 Å². The number of piperidine rings is 1. The number of carbonyl (C=O) groups excluding carboxylic acids is 1. The maximum atomic E-state index is 12.5. The molecule has 1 amide bonds. The average Bonchev–Trinajstić information content (AvgIpc) is 2.38. The Kier molecular flexibility index (Phi) is 5.10. The lowest BCUT2D eigenvalue weighted by Crippen LogP contribution is -2.46. The Morgan fingerprint density at radius 1 is 1.20 bits per heavy atom. The molecule has 0 aliphatic carbocycles. The molecule has 2 saturated heterocycles. The molecule has 20 heavy (non-hydrogen) atoms. The average molecular weight is 301 g/mol. The summed E-state index contributed by atoms with van der Waals surface area (Å²) in [5.74, 6) is 1.33. The molecule has 2 heterocycles. The van der Waals surface area contributed by atoms with Gasteiger partial charge in [-0.1, -0.05) is 13.3 Å². The van der Waals surface area contributed by atoms with Gasteiger partial charge in [0.25, 0.3) is 0 Å². The zero-order valence-corrected chi connectivity index (χ0v) is 13.5. The van der Waals surface area contributed by atoms with Gasteiger partial charge in [-0.05, 0) is 44.4 Å². The number of hydrogen-bond acceptors (Lipinski definition) is 3. The summed E-state index contributed by atoms with van der Waals surface area (Å²) in [4.78, 5) is 14.5. The SMILES string of the molecule is CC[C@@H]1CC[C@@H](C)N(C(=O)CC2CCCS(=O)(=O)C2)C1. The van der Waals surface area contributed by atoms with Crippen LogP contribution in [0, 0.1) is 11.8 Å². The van der Waals surface area contributed by atoms with E-state index < -0.39 is 9.84 Å². The first-order valence-corrected chi connectivity index (χ1v) is 9.73. The van der Waals surface area contributed by atoms with Crippen molar-refractivity contribution in [2.45, 2.75) is 58.4 Å². The summed E-state index contributed by atoms with van der Waals surface area (Å²) < 4.78 is 23.3. The number of carbonyl (C=O) groups is 1. The fourth-order valence-corrected chi connectivity index (χ4v) is 5.28. The van der Waals surface area contributed by atoms with Crippen molar-refractivity contribution in [2.24, 2.45) is 11.8 Å². The first-order chi connectivity index (χ1) is 9.41. The van der Waals surface area contributed by atoms with Crippen LogP contribution in [0.2, 0.25) is 0 Å². The summed E-state index contributed by atoms with van der Waals surface area (Å²) in [5, 5.41) is 0. The van der Waals surface area contributed by atoms with Gasteiger partial charge in [-0.2, -0.15) is 0 Å². The van der Waals surface area contributed by atoms with Crippen LogP contribution in [0.15, 0.2) is 0 Å². The Hall–Kier alpha value is -0.580. The highest BCUT2D eigenvalue weighted by molar-refractivity contribution is 7.91. The Morgan fingerprint density at radius 2 is 1.95 bits per heavy atom. The van der Waals surface area contributed by atoms with E-state index in [1.165, 1.54) is 6.42 Å². The largest absolute Gasteiger partial charge is 0.340 e.